The van der Waals surface area contributed by atoms with Gasteiger partial charge in [-0.15, -0.1) is 0 Å². The van der Waals surface area contributed by atoms with Crippen molar-refractivity contribution in [3.05, 3.63) is 88.0 Å². The average molecular weight is 571 g/mol. The lowest BCUT2D eigenvalue weighted by Crippen LogP contribution is -2.29. The lowest BCUT2D eigenvalue weighted by molar-refractivity contribution is -0.132. The monoisotopic (exact) mass is 570 g/mol. The Bertz CT molecular complexity index is 1650. The maximum absolute atomic E-state index is 13.7. The topological polar surface area (TPSA) is 89.0 Å². The molecule has 1 aliphatic rings. The molecule has 1 aliphatic heterocycles. The van der Waals surface area contributed by atoms with Crippen LogP contribution in [-0.4, -0.2) is 35.5 Å². The van der Waals surface area contributed by atoms with Crippen LogP contribution >= 0.6 is 11.3 Å². The lowest BCUT2D eigenvalue weighted by atomic mass is 9.95. The van der Waals surface area contributed by atoms with Crippen molar-refractivity contribution in [3.8, 4) is 11.5 Å². The van der Waals surface area contributed by atoms with Gasteiger partial charge in [-0.05, 0) is 62.1 Å². The van der Waals surface area contributed by atoms with Crippen LogP contribution < -0.4 is 14.4 Å². The van der Waals surface area contributed by atoms with E-state index in [2.05, 4.69) is 6.92 Å². The zero-order chi connectivity index (χ0) is 29.3. The van der Waals surface area contributed by atoms with Gasteiger partial charge in [0, 0.05) is 5.56 Å². The van der Waals surface area contributed by atoms with Crippen LogP contribution in [-0.2, 0) is 9.59 Å². The van der Waals surface area contributed by atoms with Crippen LogP contribution in [0.5, 0.6) is 11.5 Å². The van der Waals surface area contributed by atoms with E-state index in [9.17, 15) is 14.7 Å². The molecule has 1 unspecified atom stereocenters. The van der Waals surface area contributed by atoms with E-state index in [0.29, 0.717) is 34.4 Å². The van der Waals surface area contributed by atoms with Crippen LogP contribution in [0.2, 0.25) is 0 Å². The standard InChI is InChI=1S/C33H34N2O5S/c1-6-7-8-15-40-24-14-13-23(18-25(24)39-5)29-27(30(36)22-11-9-19(2)10-12-22)31(37)32(38)35(29)33-34-28-21(4)16-20(3)17-26(28)41-33/h9-14,16-18,29,36H,6-8,15H2,1-5H3. The van der Waals surface area contributed by atoms with E-state index in [0.717, 1.165) is 46.2 Å². The molecular formula is C33H34N2O5S. The zero-order valence-electron chi connectivity index (χ0n) is 24.0. The molecule has 41 heavy (non-hydrogen) atoms. The number of ether oxygens (including phenoxy) is 2. The minimum atomic E-state index is -0.915. The van der Waals surface area contributed by atoms with Crippen molar-refractivity contribution in [1.82, 2.24) is 4.98 Å². The summed E-state index contributed by atoms with van der Waals surface area (Å²) in [6.45, 7) is 8.62. The SMILES string of the molecule is CCCCCOc1ccc(C2C(=C(O)c3ccc(C)cc3)C(=O)C(=O)N2c2nc3c(C)cc(C)cc3s2)cc1OC. The summed E-state index contributed by atoms with van der Waals surface area (Å²) < 4.78 is 12.6. The molecular weight excluding hydrogens is 536 g/mol. The van der Waals surface area contributed by atoms with Gasteiger partial charge in [0.15, 0.2) is 16.6 Å². The third-order valence-electron chi connectivity index (χ3n) is 7.30. The summed E-state index contributed by atoms with van der Waals surface area (Å²) in [4.78, 5) is 33.5. The Labute approximate surface area is 244 Å². The Balaban J connectivity index is 1.67. The summed E-state index contributed by atoms with van der Waals surface area (Å²) in [7, 11) is 1.56. The van der Waals surface area contributed by atoms with Crippen LogP contribution in [0.25, 0.3) is 16.0 Å². The molecule has 3 aromatic carbocycles. The predicted molar refractivity (Wildman–Crippen MR) is 163 cm³/mol. The van der Waals surface area contributed by atoms with Crippen molar-refractivity contribution in [2.45, 2.75) is 53.0 Å². The van der Waals surface area contributed by atoms with Crippen LogP contribution in [0, 0.1) is 20.8 Å². The second-order valence-corrected chi connectivity index (χ2v) is 11.4. The van der Waals surface area contributed by atoms with Gasteiger partial charge in [0.2, 0.25) is 0 Å². The molecule has 212 valence electrons. The highest BCUT2D eigenvalue weighted by molar-refractivity contribution is 7.22. The van der Waals surface area contributed by atoms with Crippen LogP contribution in [0.4, 0.5) is 5.13 Å². The van der Waals surface area contributed by atoms with Gasteiger partial charge >= 0.3 is 5.91 Å². The summed E-state index contributed by atoms with van der Waals surface area (Å²) >= 11 is 1.35. The maximum atomic E-state index is 13.7. The van der Waals surface area contributed by atoms with Crippen molar-refractivity contribution in [3.63, 3.8) is 0 Å². The number of aliphatic hydroxyl groups is 1. The van der Waals surface area contributed by atoms with Gasteiger partial charge in [0.05, 0.1) is 35.5 Å². The first-order chi connectivity index (χ1) is 19.7. The minimum Gasteiger partial charge on any atom is -0.507 e. The smallest absolute Gasteiger partial charge is 0.301 e. The Hall–Kier alpha value is -4.17. The summed E-state index contributed by atoms with van der Waals surface area (Å²) in [6.07, 6.45) is 3.08. The molecule has 7 nitrogen and oxygen atoms in total. The molecule has 1 N–H and O–H groups in total. The molecule has 4 aromatic rings. The van der Waals surface area contributed by atoms with Crippen LogP contribution in [0.3, 0.4) is 0 Å². The number of amides is 1. The summed E-state index contributed by atoms with van der Waals surface area (Å²) in [5.74, 6) is -0.678. The number of carbonyl (C=O) groups is 2. The first-order valence-corrected chi connectivity index (χ1v) is 14.6. The van der Waals surface area contributed by atoms with E-state index in [1.54, 1.807) is 31.4 Å². The Morgan fingerprint density at radius 3 is 2.44 bits per heavy atom. The fraction of sp³-hybridized carbons (Fsp3) is 0.303. The van der Waals surface area contributed by atoms with Gasteiger partial charge in [-0.25, -0.2) is 4.98 Å². The van der Waals surface area contributed by atoms with Gasteiger partial charge < -0.3 is 14.6 Å². The summed E-state index contributed by atoms with van der Waals surface area (Å²) in [6, 6.07) is 15.7. The van der Waals surface area contributed by atoms with Crippen molar-refractivity contribution >= 4 is 44.1 Å². The van der Waals surface area contributed by atoms with Crippen molar-refractivity contribution in [2.75, 3.05) is 18.6 Å². The molecule has 1 aromatic heterocycles. The molecule has 1 atom stereocenters. The number of anilines is 1. The number of nitrogens with zero attached hydrogens (tertiary/aromatic N) is 2. The molecule has 2 heterocycles. The second kappa shape index (κ2) is 11.7. The molecule has 0 aliphatic carbocycles. The maximum Gasteiger partial charge on any atom is 0.301 e. The quantitative estimate of drug-likeness (QED) is 0.0975. The largest absolute Gasteiger partial charge is 0.507 e. The number of rotatable bonds is 9. The first kappa shape index (κ1) is 28.4. The number of carbonyl (C=O) groups excluding carboxylic acids is 2. The first-order valence-electron chi connectivity index (χ1n) is 13.8. The van der Waals surface area contributed by atoms with Gasteiger partial charge in [-0.1, -0.05) is 73.1 Å². The van der Waals surface area contributed by atoms with Gasteiger partial charge in [-0.3, -0.25) is 14.5 Å². The molecule has 0 spiro atoms. The molecule has 5 rings (SSSR count). The van der Waals surface area contributed by atoms with Gasteiger partial charge in [-0.2, -0.15) is 0 Å². The zero-order valence-corrected chi connectivity index (χ0v) is 24.8. The van der Waals surface area contributed by atoms with E-state index in [1.165, 1.54) is 16.2 Å². The van der Waals surface area contributed by atoms with E-state index in [4.69, 9.17) is 14.5 Å². The van der Waals surface area contributed by atoms with Gasteiger partial charge in [0.25, 0.3) is 5.78 Å². The fourth-order valence-corrected chi connectivity index (χ4v) is 6.35. The van der Waals surface area contributed by atoms with Crippen LogP contribution in [0.1, 0.15) is 60.0 Å². The fourth-order valence-electron chi connectivity index (χ4n) is 5.18. The number of unbranched alkanes of at least 4 members (excludes halogenated alkanes) is 2. The van der Waals surface area contributed by atoms with Crippen molar-refractivity contribution < 1.29 is 24.2 Å². The highest BCUT2D eigenvalue weighted by Crippen LogP contribution is 2.46. The second-order valence-electron chi connectivity index (χ2n) is 10.4. The molecule has 0 saturated carbocycles. The third kappa shape index (κ3) is 5.44. The summed E-state index contributed by atoms with van der Waals surface area (Å²) in [5.41, 5.74) is 4.93. The van der Waals surface area contributed by atoms with Crippen LogP contribution in [0.15, 0.2) is 60.2 Å². The summed E-state index contributed by atoms with van der Waals surface area (Å²) in [5, 5.41) is 11.9. The number of Topliss-reactive ketones (excluding diaryl/α,β-unsaturated/α-hetero) is 1. The number of aromatic nitrogens is 1. The van der Waals surface area contributed by atoms with Crippen molar-refractivity contribution in [2.24, 2.45) is 0 Å². The highest BCUT2D eigenvalue weighted by Gasteiger charge is 2.48. The molecule has 0 radical (unpaired) electrons. The molecule has 1 saturated heterocycles. The number of aliphatic hydroxyl groups excluding tert-OH is 1. The normalized spacial score (nSPS) is 16.5. The number of ketones is 1. The van der Waals surface area contributed by atoms with Gasteiger partial charge in [0.1, 0.15) is 5.76 Å². The number of methoxy groups -OCH3 is 1. The van der Waals surface area contributed by atoms with E-state index in [1.807, 2.05) is 51.1 Å². The average Bonchev–Trinajstić information content (AvgIpc) is 3.49. The number of thiazole rings is 1. The lowest BCUT2D eigenvalue weighted by Gasteiger charge is -2.24. The number of hydrogen-bond donors (Lipinski definition) is 1. The molecule has 0 bridgehead atoms. The Morgan fingerprint density at radius 2 is 1.73 bits per heavy atom. The number of benzene rings is 3. The third-order valence-corrected chi connectivity index (χ3v) is 8.30. The Kier molecular flexibility index (Phi) is 8.13. The van der Waals surface area contributed by atoms with E-state index >= 15 is 0 Å². The predicted octanol–water partition coefficient (Wildman–Crippen LogP) is 7.43. The minimum absolute atomic E-state index is 0.00433. The number of hydrogen-bond acceptors (Lipinski definition) is 7. The Morgan fingerprint density at radius 1 is 0.976 bits per heavy atom. The van der Waals surface area contributed by atoms with Crippen molar-refractivity contribution in [1.29, 1.82) is 0 Å². The molecule has 8 heteroatoms. The number of fused-ring (bicyclic) bond motifs is 1. The van der Waals surface area contributed by atoms with E-state index < -0.39 is 17.7 Å². The molecule has 1 amide bonds. The highest BCUT2D eigenvalue weighted by atomic mass is 32.1. The number of aryl methyl sites for hydroxylation is 3. The molecule has 1 fully saturated rings. The van der Waals surface area contributed by atoms with E-state index in [-0.39, 0.29) is 11.3 Å².